The molecule has 20 heavy (non-hydrogen) atoms. The van der Waals surface area contributed by atoms with Gasteiger partial charge in [0.2, 0.25) is 0 Å². The molecule has 0 aliphatic carbocycles. The summed E-state index contributed by atoms with van der Waals surface area (Å²) in [6.07, 6.45) is 3.12. The van der Waals surface area contributed by atoms with Crippen molar-refractivity contribution in [1.82, 2.24) is 20.1 Å². The Morgan fingerprint density at radius 1 is 1.35 bits per heavy atom. The van der Waals surface area contributed by atoms with Crippen LogP contribution in [-0.2, 0) is 13.0 Å². The van der Waals surface area contributed by atoms with Crippen molar-refractivity contribution in [2.24, 2.45) is 0 Å². The van der Waals surface area contributed by atoms with E-state index in [2.05, 4.69) is 20.1 Å². The van der Waals surface area contributed by atoms with E-state index in [1.165, 1.54) is 17.7 Å². The van der Waals surface area contributed by atoms with Crippen LogP contribution in [0.5, 0.6) is 0 Å². The van der Waals surface area contributed by atoms with E-state index >= 15 is 0 Å². The lowest BCUT2D eigenvalue weighted by Crippen LogP contribution is -2.23. The second kappa shape index (κ2) is 5.71. The first-order valence-electron chi connectivity index (χ1n) is 7.16. The Morgan fingerprint density at radius 3 is 2.85 bits per heavy atom. The fourth-order valence-corrected chi connectivity index (χ4v) is 2.83. The van der Waals surface area contributed by atoms with Crippen molar-refractivity contribution in [3.05, 3.63) is 47.3 Å². The Kier molecular flexibility index (Phi) is 3.78. The summed E-state index contributed by atoms with van der Waals surface area (Å²) in [5, 5.41) is 7.18. The van der Waals surface area contributed by atoms with E-state index in [1.54, 1.807) is 0 Å². The number of aromatic amines is 1. The highest BCUT2D eigenvalue weighted by atomic mass is 19.1. The zero-order chi connectivity index (χ0) is 13.9. The van der Waals surface area contributed by atoms with Gasteiger partial charge in [-0.1, -0.05) is 19.1 Å². The van der Waals surface area contributed by atoms with Gasteiger partial charge in [-0.2, -0.15) is 5.10 Å². The lowest BCUT2D eigenvalue weighted by atomic mass is 10.0. The number of aromatic nitrogens is 3. The first kappa shape index (κ1) is 13.2. The van der Waals surface area contributed by atoms with Gasteiger partial charge in [-0.3, -0.25) is 10.00 Å². The number of hydrogen-bond acceptors (Lipinski definition) is 3. The van der Waals surface area contributed by atoms with Crippen LogP contribution in [0.3, 0.4) is 0 Å². The van der Waals surface area contributed by atoms with Crippen LogP contribution in [0.25, 0.3) is 0 Å². The number of halogens is 1. The van der Waals surface area contributed by atoms with Gasteiger partial charge in [-0.25, -0.2) is 9.37 Å². The highest BCUT2D eigenvalue weighted by Crippen LogP contribution is 2.32. The number of rotatable bonds is 4. The van der Waals surface area contributed by atoms with E-state index in [4.69, 9.17) is 0 Å². The SMILES string of the molecule is CCc1n[nH]c(CN2CCC[C@@H]2c2ccc(F)cc2)n1. The largest absolute Gasteiger partial charge is 0.289 e. The van der Waals surface area contributed by atoms with Crippen LogP contribution in [0.15, 0.2) is 24.3 Å². The van der Waals surface area contributed by atoms with Crippen LogP contribution in [0.2, 0.25) is 0 Å². The van der Waals surface area contributed by atoms with Crippen molar-refractivity contribution in [2.45, 2.75) is 38.8 Å². The van der Waals surface area contributed by atoms with E-state index in [0.29, 0.717) is 6.04 Å². The molecule has 0 unspecified atom stereocenters. The van der Waals surface area contributed by atoms with Crippen LogP contribution >= 0.6 is 0 Å². The molecule has 1 aromatic heterocycles. The number of H-pyrrole nitrogens is 1. The molecule has 106 valence electrons. The summed E-state index contributed by atoms with van der Waals surface area (Å²) in [6.45, 7) is 3.86. The summed E-state index contributed by atoms with van der Waals surface area (Å²) in [4.78, 5) is 6.85. The van der Waals surface area contributed by atoms with Gasteiger partial charge < -0.3 is 0 Å². The number of nitrogens with one attached hydrogen (secondary N) is 1. The van der Waals surface area contributed by atoms with Crippen molar-refractivity contribution >= 4 is 0 Å². The Bertz CT molecular complexity index is 564. The molecule has 1 aromatic carbocycles. The predicted molar refractivity (Wildman–Crippen MR) is 74.5 cm³/mol. The summed E-state index contributed by atoms with van der Waals surface area (Å²) >= 11 is 0. The summed E-state index contributed by atoms with van der Waals surface area (Å²) < 4.78 is 13.0. The van der Waals surface area contributed by atoms with Crippen molar-refractivity contribution in [1.29, 1.82) is 0 Å². The van der Waals surface area contributed by atoms with Gasteiger partial charge in [0.05, 0.1) is 6.54 Å². The first-order chi connectivity index (χ1) is 9.76. The van der Waals surface area contributed by atoms with E-state index in [9.17, 15) is 4.39 Å². The average molecular weight is 274 g/mol. The summed E-state index contributed by atoms with van der Waals surface area (Å²) in [6, 6.07) is 7.20. The molecule has 5 heteroatoms. The van der Waals surface area contributed by atoms with Crippen molar-refractivity contribution < 1.29 is 4.39 Å². The highest BCUT2D eigenvalue weighted by molar-refractivity contribution is 5.21. The Labute approximate surface area is 118 Å². The third-order valence-corrected chi connectivity index (χ3v) is 3.87. The molecule has 1 aliphatic heterocycles. The number of nitrogens with zero attached hydrogens (tertiary/aromatic N) is 3. The topological polar surface area (TPSA) is 44.8 Å². The van der Waals surface area contributed by atoms with Gasteiger partial charge in [0.1, 0.15) is 17.5 Å². The van der Waals surface area contributed by atoms with Crippen LogP contribution in [0.1, 0.15) is 43.0 Å². The van der Waals surface area contributed by atoms with Crippen molar-refractivity contribution in [3.63, 3.8) is 0 Å². The maximum atomic E-state index is 13.0. The van der Waals surface area contributed by atoms with Gasteiger partial charge in [0.25, 0.3) is 0 Å². The van der Waals surface area contributed by atoms with Gasteiger partial charge in [-0.05, 0) is 37.1 Å². The number of likely N-dealkylation sites (tertiary alicyclic amines) is 1. The molecule has 0 amide bonds. The minimum atomic E-state index is -0.180. The van der Waals surface area contributed by atoms with Crippen LogP contribution in [0, 0.1) is 5.82 Å². The molecule has 3 rings (SSSR count). The van der Waals surface area contributed by atoms with Gasteiger partial charge in [-0.15, -0.1) is 0 Å². The minimum Gasteiger partial charge on any atom is -0.289 e. The molecule has 1 N–H and O–H groups in total. The Balaban J connectivity index is 1.73. The fourth-order valence-electron chi connectivity index (χ4n) is 2.83. The van der Waals surface area contributed by atoms with Gasteiger partial charge in [0.15, 0.2) is 0 Å². The fraction of sp³-hybridized carbons (Fsp3) is 0.467. The molecule has 1 atom stereocenters. The monoisotopic (exact) mass is 274 g/mol. The van der Waals surface area contributed by atoms with E-state index in [1.807, 2.05) is 19.1 Å². The van der Waals surface area contributed by atoms with E-state index < -0.39 is 0 Å². The van der Waals surface area contributed by atoms with Crippen LogP contribution in [-0.4, -0.2) is 26.6 Å². The zero-order valence-electron chi connectivity index (χ0n) is 11.6. The molecule has 0 bridgehead atoms. The molecule has 0 saturated carbocycles. The molecule has 0 radical (unpaired) electrons. The maximum absolute atomic E-state index is 13.0. The molecule has 4 nitrogen and oxygen atoms in total. The summed E-state index contributed by atoms with van der Waals surface area (Å²) in [5.74, 6) is 1.59. The maximum Gasteiger partial charge on any atom is 0.150 e. The second-order valence-corrected chi connectivity index (χ2v) is 5.23. The lowest BCUT2D eigenvalue weighted by Gasteiger charge is -2.23. The van der Waals surface area contributed by atoms with Gasteiger partial charge >= 0.3 is 0 Å². The molecule has 0 spiro atoms. The van der Waals surface area contributed by atoms with E-state index in [-0.39, 0.29) is 5.82 Å². The average Bonchev–Trinajstić information content (AvgIpc) is 3.09. The standard InChI is InChI=1S/C15H19FN4/c1-2-14-17-15(19-18-14)10-20-9-3-4-13(20)11-5-7-12(16)8-6-11/h5-8,13H,2-4,9-10H2,1H3,(H,17,18,19)/t13-/m1/s1. The summed E-state index contributed by atoms with van der Waals surface area (Å²) in [5.41, 5.74) is 1.18. The molecular weight excluding hydrogens is 255 g/mol. The molecule has 1 fully saturated rings. The molecule has 1 aliphatic rings. The van der Waals surface area contributed by atoms with Gasteiger partial charge in [0, 0.05) is 12.5 Å². The summed E-state index contributed by atoms with van der Waals surface area (Å²) in [7, 11) is 0. The third-order valence-electron chi connectivity index (χ3n) is 3.87. The lowest BCUT2D eigenvalue weighted by molar-refractivity contribution is 0.242. The third kappa shape index (κ3) is 2.72. The minimum absolute atomic E-state index is 0.180. The Hall–Kier alpha value is -1.75. The Morgan fingerprint density at radius 2 is 2.15 bits per heavy atom. The molecule has 2 heterocycles. The number of hydrogen-bond donors (Lipinski definition) is 1. The number of aryl methyl sites for hydroxylation is 1. The second-order valence-electron chi connectivity index (χ2n) is 5.23. The predicted octanol–water partition coefficient (Wildman–Crippen LogP) is 2.84. The zero-order valence-corrected chi connectivity index (χ0v) is 11.6. The van der Waals surface area contributed by atoms with Crippen molar-refractivity contribution in [2.75, 3.05) is 6.54 Å². The normalized spacial score (nSPS) is 19.6. The smallest absolute Gasteiger partial charge is 0.150 e. The quantitative estimate of drug-likeness (QED) is 0.932. The van der Waals surface area contributed by atoms with Crippen LogP contribution < -0.4 is 0 Å². The number of benzene rings is 1. The van der Waals surface area contributed by atoms with Crippen molar-refractivity contribution in [3.8, 4) is 0 Å². The molecule has 1 saturated heterocycles. The van der Waals surface area contributed by atoms with Crippen LogP contribution in [0.4, 0.5) is 4.39 Å². The van der Waals surface area contributed by atoms with E-state index in [0.717, 1.165) is 44.0 Å². The molecular formula is C15H19FN4. The molecule has 2 aromatic rings. The first-order valence-corrected chi connectivity index (χ1v) is 7.16. The highest BCUT2D eigenvalue weighted by Gasteiger charge is 2.26.